The Morgan fingerprint density at radius 1 is 1.23 bits per heavy atom. The van der Waals surface area contributed by atoms with Crippen molar-refractivity contribution in [2.24, 2.45) is 4.99 Å². The van der Waals surface area contributed by atoms with Gasteiger partial charge in [0.2, 0.25) is 5.91 Å². The Bertz CT molecular complexity index is 866. The molecule has 0 aromatic heterocycles. The van der Waals surface area contributed by atoms with Crippen LogP contribution in [0.3, 0.4) is 0 Å². The van der Waals surface area contributed by atoms with E-state index in [9.17, 15) is 13.2 Å². The highest BCUT2D eigenvalue weighted by Crippen LogP contribution is 2.28. The van der Waals surface area contributed by atoms with Crippen molar-refractivity contribution in [1.29, 1.82) is 0 Å². The van der Waals surface area contributed by atoms with Crippen LogP contribution in [0.1, 0.15) is 12.8 Å². The number of benzene rings is 1. The molecule has 9 nitrogen and oxygen atoms in total. The first-order chi connectivity index (χ1) is 14.4. The summed E-state index contributed by atoms with van der Waals surface area (Å²) < 4.78 is 28.5. The molecule has 2 fully saturated rings. The van der Waals surface area contributed by atoms with Gasteiger partial charge in [-0.25, -0.2) is 8.42 Å². The number of hydrogen-bond acceptors (Lipinski definition) is 6. The molecule has 1 amide bonds. The van der Waals surface area contributed by atoms with Gasteiger partial charge in [-0.2, -0.15) is 0 Å². The van der Waals surface area contributed by atoms with Gasteiger partial charge < -0.3 is 25.2 Å². The lowest BCUT2D eigenvalue weighted by Crippen LogP contribution is -2.53. The smallest absolute Gasteiger partial charge is 0.222 e. The van der Waals surface area contributed by atoms with Crippen molar-refractivity contribution in [3.63, 3.8) is 0 Å². The van der Waals surface area contributed by atoms with Crippen LogP contribution in [0.15, 0.2) is 29.3 Å². The van der Waals surface area contributed by atoms with E-state index < -0.39 is 9.84 Å². The number of piperazine rings is 1. The summed E-state index contributed by atoms with van der Waals surface area (Å²) in [4.78, 5) is 20.9. The molecule has 1 aromatic rings. The topological polar surface area (TPSA) is 103 Å². The van der Waals surface area contributed by atoms with E-state index in [1.54, 1.807) is 14.2 Å². The van der Waals surface area contributed by atoms with Crippen LogP contribution in [0, 0.1) is 0 Å². The van der Waals surface area contributed by atoms with Gasteiger partial charge >= 0.3 is 0 Å². The first-order valence-corrected chi connectivity index (χ1v) is 12.1. The van der Waals surface area contributed by atoms with Crippen LogP contribution in [0.2, 0.25) is 0 Å². The number of rotatable bonds is 6. The van der Waals surface area contributed by atoms with Crippen molar-refractivity contribution in [3.8, 4) is 5.75 Å². The van der Waals surface area contributed by atoms with Gasteiger partial charge in [-0.1, -0.05) is 12.1 Å². The van der Waals surface area contributed by atoms with E-state index in [0.717, 1.165) is 43.6 Å². The molecule has 2 aliphatic heterocycles. The van der Waals surface area contributed by atoms with E-state index in [2.05, 4.69) is 31.5 Å². The summed E-state index contributed by atoms with van der Waals surface area (Å²) in [7, 11) is 0.427. The highest BCUT2D eigenvalue weighted by atomic mass is 32.2. The Morgan fingerprint density at radius 3 is 2.60 bits per heavy atom. The number of carbonyl (C=O) groups excluding carboxylic acids is 1. The molecule has 2 heterocycles. The van der Waals surface area contributed by atoms with Crippen LogP contribution in [0.5, 0.6) is 5.75 Å². The van der Waals surface area contributed by atoms with E-state index in [0.29, 0.717) is 13.0 Å². The highest BCUT2D eigenvalue weighted by Gasteiger charge is 2.28. The van der Waals surface area contributed by atoms with Crippen LogP contribution in [0.25, 0.3) is 0 Å². The van der Waals surface area contributed by atoms with Crippen molar-refractivity contribution >= 4 is 27.4 Å². The summed E-state index contributed by atoms with van der Waals surface area (Å²) in [5.41, 5.74) is 1.09. The van der Waals surface area contributed by atoms with Crippen molar-refractivity contribution in [3.05, 3.63) is 24.3 Å². The molecule has 0 radical (unpaired) electrons. The van der Waals surface area contributed by atoms with Crippen LogP contribution in [-0.4, -0.2) is 89.6 Å². The van der Waals surface area contributed by atoms with Crippen LogP contribution >= 0.6 is 0 Å². The number of para-hydroxylation sites is 2. The number of methoxy groups -OCH3 is 1. The fraction of sp³-hybridized carbons (Fsp3) is 0.600. The second-order valence-corrected chi connectivity index (χ2v) is 9.77. The Hall–Kier alpha value is -2.49. The minimum atomic E-state index is -2.99. The summed E-state index contributed by atoms with van der Waals surface area (Å²) in [5.74, 6) is 1.70. The molecule has 1 aromatic carbocycles. The third kappa shape index (κ3) is 5.78. The molecule has 0 aliphatic carbocycles. The predicted octanol–water partition coefficient (Wildman–Crippen LogP) is 0.0860. The number of guanidine groups is 1. The lowest BCUT2D eigenvalue weighted by Gasteiger charge is -2.38. The molecule has 2 N–H and O–H groups in total. The molecule has 30 heavy (non-hydrogen) atoms. The molecule has 10 heteroatoms. The maximum absolute atomic E-state index is 12.1. The van der Waals surface area contributed by atoms with Gasteiger partial charge in [0.25, 0.3) is 0 Å². The Labute approximate surface area is 178 Å². The van der Waals surface area contributed by atoms with Gasteiger partial charge in [-0.05, 0) is 18.6 Å². The van der Waals surface area contributed by atoms with Crippen molar-refractivity contribution in [2.75, 3.05) is 63.3 Å². The molecule has 2 saturated heterocycles. The van der Waals surface area contributed by atoms with E-state index in [1.807, 2.05) is 18.2 Å². The number of aliphatic imine (C=N–C) groups is 1. The minimum Gasteiger partial charge on any atom is -0.495 e. The maximum Gasteiger partial charge on any atom is 0.222 e. The molecule has 0 bridgehead atoms. The summed E-state index contributed by atoms with van der Waals surface area (Å²) >= 11 is 0. The molecular formula is C20H31N5O4S. The molecule has 166 valence electrons. The van der Waals surface area contributed by atoms with E-state index in [-0.39, 0.29) is 29.9 Å². The van der Waals surface area contributed by atoms with E-state index >= 15 is 0 Å². The molecule has 1 atom stereocenters. The average molecular weight is 438 g/mol. The monoisotopic (exact) mass is 437 g/mol. The van der Waals surface area contributed by atoms with Gasteiger partial charge in [0.1, 0.15) is 5.75 Å². The van der Waals surface area contributed by atoms with Crippen molar-refractivity contribution in [2.45, 2.75) is 18.9 Å². The Balaban J connectivity index is 1.42. The van der Waals surface area contributed by atoms with Crippen LogP contribution in [-0.2, 0) is 14.6 Å². The van der Waals surface area contributed by atoms with Gasteiger partial charge in [0, 0.05) is 52.2 Å². The molecule has 0 spiro atoms. The second-order valence-electron chi connectivity index (χ2n) is 7.54. The van der Waals surface area contributed by atoms with Gasteiger partial charge in [-0.3, -0.25) is 9.79 Å². The highest BCUT2D eigenvalue weighted by molar-refractivity contribution is 7.91. The lowest BCUT2D eigenvalue weighted by atomic mass is 10.2. The van der Waals surface area contributed by atoms with Crippen LogP contribution < -0.4 is 20.3 Å². The molecule has 1 unspecified atom stereocenters. The zero-order valence-corrected chi connectivity index (χ0v) is 18.5. The number of sulfone groups is 1. The second kappa shape index (κ2) is 10.0. The largest absolute Gasteiger partial charge is 0.495 e. The zero-order valence-electron chi connectivity index (χ0n) is 17.6. The molecule has 2 aliphatic rings. The van der Waals surface area contributed by atoms with Crippen molar-refractivity contribution < 1.29 is 17.9 Å². The number of carbonyl (C=O) groups is 1. The van der Waals surface area contributed by atoms with E-state index in [4.69, 9.17) is 4.74 Å². The summed E-state index contributed by atoms with van der Waals surface area (Å²) in [5, 5.41) is 6.05. The third-order valence-electron chi connectivity index (χ3n) is 5.45. The number of anilines is 1. The van der Waals surface area contributed by atoms with Crippen molar-refractivity contribution in [1.82, 2.24) is 15.5 Å². The van der Waals surface area contributed by atoms with Gasteiger partial charge in [0.15, 0.2) is 15.8 Å². The molecule has 0 saturated carbocycles. The SMILES string of the molecule is CN=C(NCCC(=O)NC1CCS(=O)(=O)C1)N1CCN(c2ccccc2OC)CC1. The number of hydrogen-bond donors (Lipinski definition) is 2. The fourth-order valence-electron chi connectivity index (χ4n) is 3.88. The van der Waals surface area contributed by atoms with Gasteiger partial charge in [-0.15, -0.1) is 0 Å². The minimum absolute atomic E-state index is 0.0459. The third-order valence-corrected chi connectivity index (χ3v) is 7.22. The fourth-order valence-corrected chi connectivity index (χ4v) is 5.55. The Kier molecular flexibility index (Phi) is 7.41. The Morgan fingerprint density at radius 2 is 1.97 bits per heavy atom. The summed E-state index contributed by atoms with van der Waals surface area (Å²) in [6, 6.07) is 7.75. The standard InChI is InChI=1S/C20H31N5O4S/c1-21-20(22-9-7-19(26)23-16-8-14-30(27,28)15-16)25-12-10-24(11-13-25)17-5-3-4-6-18(17)29-2/h3-6,16H,7-15H2,1-2H3,(H,21,22)(H,23,26). The summed E-state index contributed by atoms with van der Waals surface area (Å²) in [6.45, 7) is 3.76. The lowest BCUT2D eigenvalue weighted by molar-refractivity contribution is -0.121. The number of nitrogens with zero attached hydrogens (tertiary/aromatic N) is 3. The molecule has 3 rings (SSSR count). The zero-order chi connectivity index (χ0) is 21.6. The quantitative estimate of drug-likeness (QED) is 0.480. The first-order valence-electron chi connectivity index (χ1n) is 10.2. The van der Waals surface area contributed by atoms with E-state index in [1.165, 1.54) is 0 Å². The predicted molar refractivity (Wildman–Crippen MR) is 118 cm³/mol. The van der Waals surface area contributed by atoms with Gasteiger partial charge in [0.05, 0.1) is 24.3 Å². The number of ether oxygens (including phenoxy) is 1. The first kappa shape index (κ1) is 22.2. The number of amides is 1. The molecular weight excluding hydrogens is 406 g/mol. The maximum atomic E-state index is 12.1. The average Bonchev–Trinajstić information content (AvgIpc) is 3.09. The summed E-state index contributed by atoms with van der Waals surface area (Å²) in [6.07, 6.45) is 0.774. The number of nitrogens with one attached hydrogen (secondary N) is 2. The van der Waals surface area contributed by atoms with Crippen LogP contribution in [0.4, 0.5) is 5.69 Å². The normalized spacial score (nSPS) is 21.4.